The van der Waals surface area contributed by atoms with Crippen LogP contribution < -0.4 is 16.0 Å². The number of urea groups is 1. The molecule has 0 bridgehead atoms. The molecular formula is C19H29N3O3. The summed E-state index contributed by atoms with van der Waals surface area (Å²) >= 11 is 0. The number of hydrogen-bond acceptors (Lipinski definition) is 4. The maximum absolute atomic E-state index is 12.1. The Hall–Kier alpha value is -2.08. The van der Waals surface area contributed by atoms with Crippen molar-refractivity contribution >= 4 is 17.6 Å². The van der Waals surface area contributed by atoms with Crippen LogP contribution in [0.15, 0.2) is 24.3 Å². The normalized spacial score (nSPS) is 15.4. The molecule has 0 spiro atoms. The van der Waals surface area contributed by atoms with Crippen LogP contribution in [0.4, 0.5) is 10.5 Å². The first kappa shape index (κ1) is 19.2. The van der Waals surface area contributed by atoms with Crippen molar-refractivity contribution in [1.29, 1.82) is 0 Å². The van der Waals surface area contributed by atoms with Gasteiger partial charge in [0.1, 0.15) is 6.04 Å². The molecule has 6 nitrogen and oxygen atoms in total. The molecule has 25 heavy (non-hydrogen) atoms. The van der Waals surface area contributed by atoms with Crippen molar-refractivity contribution < 1.29 is 14.3 Å². The van der Waals surface area contributed by atoms with Gasteiger partial charge >= 0.3 is 6.03 Å². The highest BCUT2D eigenvalue weighted by Crippen LogP contribution is 2.29. The fraction of sp³-hybridized carbons (Fsp3) is 0.579. The quantitative estimate of drug-likeness (QED) is 0.708. The molecular weight excluding hydrogens is 318 g/mol. The van der Waals surface area contributed by atoms with Crippen LogP contribution in [0.25, 0.3) is 0 Å². The second-order valence-corrected chi connectivity index (χ2v) is 7.72. The van der Waals surface area contributed by atoms with E-state index in [0.29, 0.717) is 6.61 Å². The molecule has 0 aliphatic heterocycles. The molecule has 6 heteroatoms. The maximum atomic E-state index is 12.1. The number of imide groups is 1. The van der Waals surface area contributed by atoms with Crippen LogP contribution in [0, 0.1) is 5.92 Å². The average molecular weight is 347 g/mol. The van der Waals surface area contributed by atoms with Crippen molar-refractivity contribution in [2.45, 2.75) is 58.7 Å². The standard InChI is InChI=1S/C19H29N3O3/c1-13(17(23)21-18(24)22-19(2,3)4)20-16-7-5-6-15(10-16)12-25-11-14-8-9-14/h5-7,10,13-14,20H,8-9,11-12H2,1-4H3,(H2,21,22,23,24). The summed E-state index contributed by atoms with van der Waals surface area (Å²) in [6, 6.07) is 6.76. The SMILES string of the molecule is CC(Nc1cccc(COCC2CC2)c1)C(=O)NC(=O)NC(C)(C)C. The number of benzene rings is 1. The molecule has 3 amide bonds. The molecule has 0 saturated heterocycles. The van der Waals surface area contributed by atoms with Crippen molar-refractivity contribution in [3.8, 4) is 0 Å². The second-order valence-electron chi connectivity index (χ2n) is 7.72. The summed E-state index contributed by atoms with van der Waals surface area (Å²) in [6.07, 6.45) is 2.55. The molecule has 1 aliphatic rings. The third-order valence-electron chi connectivity index (χ3n) is 3.75. The van der Waals surface area contributed by atoms with Crippen LogP contribution in [-0.4, -0.2) is 30.1 Å². The summed E-state index contributed by atoms with van der Waals surface area (Å²) in [5.74, 6) is 0.362. The second kappa shape index (κ2) is 8.34. The Balaban J connectivity index is 1.80. The molecule has 1 aliphatic carbocycles. The lowest BCUT2D eigenvalue weighted by molar-refractivity contribution is -0.120. The third-order valence-corrected chi connectivity index (χ3v) is 3.75. The zero-order valence-corrected chi connectivity index (χ0v) is 15.5. The van der Waals surface area contributed by atoms with Gasteiger partial charge in [0, 0.05) is 17.8 Å². The van der Waals surface area contributed by atoms with E-state index in [9.17, 15) is 9.59 Å². The predicted octanol–water partition coefficient (Wildman–Crippen LogP) is 3.04. The number of ether oxygens (including phenoxy) is 1. The highest BCUT2D eigenvalue weighted by Gasteiger charge is 2.21. The van der Waals surface area contributed by atoms with Gasteiger partial charge in [-0.25, -0.2) is 4.79 Å². The Morgan fingerprint density at radius 1 is 1.28 bits per heavy atom. The van der Waals surface area contributed by atoms with E-state index in [-0.39, 0.29) is 5.91 Å². The van der Waals surface area contributed by atoms with Crippen molar-refractivity contribution in [2.24, 2.45) is 5.92 Å². The van der Waals surface area contributed by atoms with Crippen LogP contribution in [0.2, 0.25) is 0 Å². The maximum Gasteiger partial charge on any atom is 0.321 e. The van der Waals surface area contributed by atoms with Gasteiger partial charge in [-0.1, -0.05) is 12.1 Å². The number of nitrogens with one attached hydrogen (secondary N) is 3. The summed E-state index contributed by atoms with van der Waals surface area (Å²) in [7, 11) is 0. The highest BCUT2D eigenvalue weighted by molar-refractivity contribution is 5.98. The Kier molecular flexibility index (Phi) is 6.42. The molecule has 1 unspecified atom stereocenters. The molecule has 0 heterocycles. The van der Waals surface area contributed by atoms with Gasteiger partial charge in [0.05, 0.1) is 6.61 Å². The molecule has 1 aromatic carbocycles. The largest absolute Gasteiger partial charge is 0.376 e. The van der Waals surface area contributed by atoms with Gasteiger partial charge < -0.3 is 15.4 Å². The van der Waals surface area contributed by atoms with Crippen molar-refractivity contribution in [3.05, 3.63) is 29.8 Å². The van der Waals surface area contributed by atoms with Gasteiger partial charge in [0.2, 0.25) is 5.91 Å². The zero-order chi connectivity index (χ0) is 18.4. The van der Waals surface area contributed by atoms with E-state index in [4.69, 9.17) is 4.74 Å². The van der Waals surface area contributed by atoms with Crippen LogP contribution in [0.5, 0.6) is 0 Å². The predicted molar refractivity (Wildman–Crippen MR) is 98.3 cm³/mol. The number of amides is 3. The number of rotatable bonds is 7. The Labute approximate surface area is 149 Å². The summed E-state index contributed by atoms with van der Waals surface area (Å²) in [5, 5.41) is 8.16. The highest BCUT2D eigenvalue weighted by atomic mass is 16.5. The third kappa shape index (κ3) is 7.56. The molecule has 3 N–H and O–H groups in total. The van der Waals surface area contributed by atoms with Gasteiger partial charge in [0.15, 0.2) is 0 Å². The van der Waals surface area contributed by atoms with E-state index in [1.54, 1.807) is 6.92 Å². The van der Waals surface area contributed by atoms with E-state index in [2.05, 4.69) is 16.0 Å². The lowest BCUT2D eigenvalue weighted by Gasteiger charge is -2.21. The molecule has 1 saturated carbocycles. The summed E-state index contributed by atoms with van der Waals surface area (Å²) in [4.78, 5) is 23.9. The molecule has 0 aromatic heterocycles. The first-order chi connectivity index (χ1) is 11.7. The summed E-state index contributed by atoms with van der Waals surface area (Å²) in [6.45, 7) is 8.68. The fourth-order valence-corrected chi connectivity index (χ4v) is 2.29. The molecule has 0 radical (unpaired) electrons. The Morgan fingerprint density at radius 3 is 2.64 bits per heavy atom. The number of carbonyl (C=O) groups is 2. The Bertz CT molecular complexity index is 606. The van der Waals surface area contributed by atoms with E-state index >= 15 is 0 Å². The Morgan fingerprint density at radius 2 is 2.00 bits per heavy atom. The van der Waals surface area contributed by atoms with Crippen molar-refractivity contribution in [1.82, 2.24) is 10.6 Å². The van der Waals surface area contributed by atoms with Crippen molar-refractivity contribution in [3.63, 3.8) is 0 Å². The van der Waals surface area contributed by atoms with Gasteiger partial charge in [0.25, 0.3) is 0 Å². The van der Waals surface area contributed by atoms with Gasteiger partial charge in [-0.2, -0.15) is 0 Å². The fourth-order valence-electron chi connectivity index (χ4n) is 2.29. The molecule has 1 atom stereocenters. The zero-order valence-electron chi connectivity index (χ0n) is 15.5. The minimum absolute atomic E-state index is 0.378. The molecule has 2 rings (SSSR count). The van der Waals surface area contributed by atoms with E-state index in [0.717, 1.165) is 23.8 Å². The average Bonchev–Trinajstić information content (AvgIpc) is 3.29. The van der Waals surface area contributed by atoms with Gasteiger partial charge in [-0.3, -0.25) is 10.1 Å². The van der Waals surface area contributed by atoms with Crippen LogP contribution in [-0.2, 0) is 16.1 Å². The smallest absolute Gasteiger partial charge is 0.321 e. The minimum Gasteiger partial charge on any atom is -0.376 e. The first-order valence-electron chi connectivity index (χ1n) is 8.79. The van der Waals surface area contributed by atoms with E-state index in [1.165, 1.54) is 12.8 Å². The van der Waals surface area contributed by atoms with Crippen LogP contribution >= 0.6 is 0 Å². The summed E-state index contributed by atoms with van der Waals surface area (Å²) < 4.78 is 5.69. The van der Waals surface area contributed by atoms with E-state index in [1.807, 2.05) is 45.0 Å². The summed E-state index contributed by atoms with van der Waals surface area (Å²) in [5.41, 5.74) is 1.49. The molecule has 138 valence electrons. The number of carbonyl (C=O) groups excluding carboxylic acids is 2. The topological polar surface area (TPSA) is 79.5 Å². The molecule has 1 aromatic rings. The lowest BCUT2D eigenvalue weighted by Crippen LogP contribution is -2.51. The minimum atomic E-state index is -0.534. The van der Waals surface area contributed by atoms with Crippen LogP contribution in [0.3, 0.4) is 0 Å². The monoisotopic (exact) mass is 347 g/mol. The van der Waals surface area contributed by atoms with Crippen molar-refractivity contribution in [2.75, 3.05) is 11.9 Å². The lowest BCUT2D eigenvalue weighted by atomic mass is 10.1. The number of anilines is 1. The van der Waals surface area contributed by atoms with Gasteiger partial charge in [-0.15, -0.1) is 0 Å². The van der Waals surface area contributed by atoms with E-state index < -0.39 is 17.6 Å². The first-order valence-corrected chi connectivity index (χ1v) is 8.79. The van der Waals surface area contributed by atoms with Crippen LogP contribution in [0.1, 0.15) is 46.1 Å². The number of hydrogen-bond donors (Lipinski definition) is 3. The molecule has 1 fully saturated rings. The van der Waals surface area contributed by atoms with Gasteiger partial charge in [-0.05, 0) is 64.2 Å².